The molecule has 104 valence electrons. The van der Waals surface area contributed by atoms with Crippen molar-refractivity contribution in [1.82, 2.24) is 0 Å². The maximum atomic E-state index is 13.8. The second kappa shape index (κ2) is 5.66. The molecule has 20 heavy (non-hydrogen) atoms. The molecule has 0 atom stereocenters. The summed E-state index contributed by atoms with van der Waals surface area (Å²) in [6, 6.07) is 5.29. The molecule has 0 fully saturated rings. The highest BCUT2D eigenvalue weighted by Gasteiger charge is 2.23. The Kier molecular flexibility index (Phi) is 4.13. The van der Waals surface area contributed by atoms with Gasteiger partial charge in [-0.1, -0.05) is 6.07 Å². The molecule has 2 aromatic carbocycles. The van der Waals surface area contributed by atoms with Crippen LogP contribution in [0.1, 0.15) is 15.9 Å². The Balaban J connectivity index is 2.61. The lowest BCUT2D eigenvalue weighted by Gasteiger charge is -2.09. The van der Waals surface area contributed by atoms with Crippen molar-refractivity contribution in [2.75, 3.05) is 7.11 Å². The Morgan fingerprint density at radius 1 is 1.10 bits per heavy atom. The summed E-state index contributed by atoms with van der Waals surface area (Å²) in [6.07, 6.45) is 0. The summed E-state index contributed by atoms with van der Waals surface area (Å²) < 4.78 is 45.7. The summed E-state index contributed by atoms with van der Waals surface area (Å²) in [4.78, 5) is 12.2. The number of rotatable bonds is 3. The fourth-order valence-corrected chi connectivity index (χ4v) is 2.04. The molecule has 0 aromatic heterocycles. The van der Waals surface area contributed by atoms with Crippen LogP contribution in [0.3, 0.4) is 0 Å². The lowest BCUT2D eigenvalue weighted by molar-refractivity contribution is 0.102. The topological polar surface area (TPSA) is 26.3 Å². The van der Waals surface area contributed by atoms with Crippen LogP contribution in [0.25, 0.3) is 0 Å². The summed E-state index contributed by atoms with van der Waals surface area (Å²) >= 11 is 2.80. The van der Waals surface area contributed by atoms with Crippen LogP contribution in [0.4, 0.5) is 13.2 Å². The average molecular weight is 345 g/mol. The molecule has 0 aliphatic carbocycles. The second-order valence-electron chi connectivity index (χ2n) is 3.89. The van der Waals surface area contributed by atoms with Gasteiger partial charge in [0, 0.05) is 0 Å². The number of halogens is 4. The smallest absolute Gasteiger partial charge is 0.202 e. The van der Waals surface area contributed by atoms with Crippen LogP contribution in [-0.4, -0.2) is 12.9 Å². The quantitative estimate of drug-likeness (QED) is 0.618. The number of carbonyl (C=O) groups excluding carboxylic acids is 1. The van der Waals surface area contributed by atoms with Crippen molar-refractivity contribution in [3.63, 3.8) is 0 Å². The number of hydrogen-bond donors (Lipinski definition) is 0. The third-order valence-electron chi connectivity index (χ3n) is 2.68. The van der Waals surface area contributed by atoms with Gasteiger partial charge in [-0.25, -0.2) is 13.2 Å². The lowest BCUT2D eigenvalue weighted by atomic mass is 10.0. The zero-order chi connectivity index (χ0) is 14.9. The Labute approximate surface area is 121 Å². The van der Waals surface area contributed by atoms with Gasteiger partial charge in [0.1, 0.15) is 28.8 Å². The molecular formula is C14H8BrF3O2. The molecule has 0 heterocycles. The van der Waals surface area contributed by atoms with Gasteiger partial charge in [-0.3, -0.25) is 4.79 Å². The molecule has 0 saturated heterocycles. The second-order valence-corrected chi connectivity index (χ2v) is 4.75. The number of ether oxygens (including phenoxy) is 1. The van der Waals surface area contributed by atoms with Gasteiger partial charge in [0.25, 0.3) is 0 Å². The van der Waals surface area contributed by atoms with Crippen molar-refractivity contribution < 1.29 is 22.7 Å². The first-order chi connectivity index (χ1) is 9.45. The van der Waals surface area contributed by atoms with Crippen molar-refractivity contribution in [1.29, 1.82) is 0 Å². The molecule has 0 spiro atoms. The molecule has 2 nitrogen and oxygen atoms in total. The number of methoxy groups -OCH3 is 1. The van der Waals surface area contributed by atoms with Gasteiger partial charge in [0.2, 0.25) is 5.78 Å². The van der Waals surface area contributed by atoms with Gasteiger partial charge >= 0.3 is 0 Å². The Morgan fingerprint density at radius 3 is 2.45 bits per heavy atom. The highest BCUT2D eigenvalue weighted by molar-refractivity contribution is 9.10. The van der Waals surface area contributed by atoms with Gasteiger partial charge in [-0.05, 0) is 40.2 Å². The minimum Gasteiger partial charge on any atom is -0.496 e. The monoisotopic (exact) mass is 344 g/mol. The molecule has 0 radical (unpaired) electrons. The highest BCUT2D eigenvalue weighted by Crippen LogP contribution is 2.27. The van der Waals surface area contributed by atoms with Crippen molar-refractivity contribution >= 4 is 21.7 Å². The third kappa shape index (κ3) is 2.56. The zero-order valence-electron chi connectivity index (χ0n) is 10.2. The maximum Gasteiger partial charge on any atom is 0.202 e. The number of benzene rings is 2. The van der Waals surface area contributed by atoms with E-state index in [2.05, 4.69) is 15.9 Å². The summed E-state index contributed by atoms with van der Waals surface area (Å²) in [7, 11) is 1.25. The van der Waals surface area contributed by atoms with Crippen LogP contribution in [0.5, 0.6) is 5.75 Å². The van der Waals surface area contributed by atoms with Gasteiger partial charge in [0.05, 0.1) is 17.1 Å². The van der Waals surface area contributed by atoms with Crippen LogP contribution in [0, 0.1) is 17.5 Å². The molecule has 0 N–H and O–H groups in total. The molecule has 0 unspecified atom stereocenters. The first-order valence-corrected chi connectivity index (χ1v) is 6.26. The first-order valence-electron chi connectivity index (χ1n) is 5.47. The minimum atomic E-state index is -0.983. The van der Waals surface area contributed by atoms with E-state index >= 15 is 0 Å². The predicted octanol–water partition coefficient (Wildman–Crippen LogP) is 4.11. The van der Waals surface area contributed by atoms with Crippen LogP contribution in [-0.2, 0) is 0 Å². The molecular weight excluding hydrogens is 337 g/mol. The highest BCUT2D eigenvalue weighted by atomic mass is 79.9. The van der Waals surface area contributed by atoms with Crippen LogP contribution < -0.4 is 4.74 Å². The summed E-state index contributed by atoms with van der Waals surface area (Å²) in [5, 5.41) is 0. The Morgan fingerprint density at radius 2 is 1.80 bits per heavy atom. The van der Waals surface area contributed by atoms with Crippen molar-refractivity contribution in [3.8, 4) is 5.75 Å². The van der Waals surface area contributed by atoms with E-state index in [1.807, 2.05) is 0 Å². The SMILES string of the molecule is COc1cccc(F)c1C(=O)c1cc(F)c(Br)cc1F. The van der Waals surface area contributed by atoms with E-state index in [-0.39, 0.29) is 10.2 Å². The Bertz CT molecular complexity index is 686. The maximum absolute atomic E-state index is 13.8. The largest absolute Gasteiger partial charge is 0.496 e. The van der Waals surface area contributed by atoms with Crippen LogP contribution in [0.15, 0.2) is 34.8 Å². The third-order valence-corrected chi connectivity index (χ3v) is 3.28. The molecule has 0 saturated carbocycles. The van der Waals surface area contributed by atoms with E-state index in [1.165, 1.54) is 19.2 Å². The number of carbonyl (C=O) groups is 1. The Hall–Kier alpha value is -1.82. The van der Waals surface area contributed by atoms with Crippen LogP contribution in [0.2, 0.25) is 0 Å². The van der Waals surface area contributed by atoms with Gasteiger partial charge in [0.15, 0.2) is 0 Å². The van der Waals surface area contributed by atoms with Gasteiger partial charge in [-0.2, -0.15) is 0 Å². The molecule has 0 amide bonds. The fraction of sp³-hybridized carbons (Fsp3) is 0.0714. The summed E-state index contributed by atoms with van der Waals surface area (Å²) in [6.45, 7) is 0. The van der Waals surface area contributed by atoms with Gasteiger partial charge in [-0.15, -0.1) is 0 Å². The first kappa shape index (κ1) is 14.6. The van der Waals surface area contributed by atoms with Crippen molar-refractivity contribution in [2.24, 2.45) is 0 Å². The minimum absolute atomic E-state index is 0.0438. The number of hydrogen-bond acceptors (Lipinski definition) is 2. The molecule has 0 aliphatic heterocycles. The van der Waals surface area contributed by atoms with Crippen molar-refractivity contribution in [3.05, 3.63) is 63.4 Å². The summed E-state index contributed by atoms with van der Waals surface area (Å²) in [5.41, 5.74) is -0.996. The molecule has 6 heteroatoms. The lowest BCUT2D eigenvalue weighted by Crippen LogP contribution is -2.09. The van der Waals surface area contributed by atoms with Gasteiger partial charge < -0.3 is 4.74 Å². The standard InChI is InChI=1S/C14H8BrF3O2/c1-20-12-4-2-3-9(16)13(12)14(19)7-5-11(18)8(15)6-10(7)17/h2-6H,1H3. The van der Waals surface area contributed by atoms with Crippen molar-refractivity contribution in [2.45, 2.75) is 0 Å². The van der Waals surface area contributed by atoms with E-state index in [4.69, 9.17) is 4.74 Å². The van der Waals surface area contributed by atoms with E-state index in [1.54, 1.807) is 0 Å². The fourth-order valence-electron chi connectivity index (χ4n) is 1.73. The average Bonchev–Trinajstić information content (AvgIpc) is 2.41. The molecule has 2 aromatic rings. The molecule has 2 rings (SSSR count). The molecule has 0 bridgehead atoms. The predicted molar refractivity (Wildman–Crippen MR) is 70.4 cm³/mol. The summed E-state index contributed by atoms with van der Waals surface area (Å²) in [5.74, 6) is -3.66. The van der Waals surface area contributed by atoms with E-state index in [0.29, 0.717) is 6.07 Å². The van der Waals surface area contributed by atoms with Crippen LogP contribution >= 0.6 is 15.9 Å². The van der Waals surface area contributed by atoms with E-state index < -0.39 is 34.4 Å². The van der Waals surface area contributed by atoms with E-state index in [0.717, 1.165) is 12.1 Å². The zero-order valence-corrected chi connectivity index (χ0v) is 11.8. The molecule has 0 aliphatic rings. The normalized spacial score (nSPS) is 10.4. The van der Waals surface area contributed by atoms with E-state index in [9.17, 15) is 18.0 Å². The number of ketones is 1.